The second-order valence-corrected chi connectivity index (χ2v) is 7.71. The minimum Gasteiger partial charge on any atom is -0.488 e. The Morgan fingerprint density at radius 3 is 2.89 bits per heavy atom. The Hall–Kier alpha value is -2.34. The van der Waals surface area contributed by atoms with Crippen LogP contribution in [0.4, 0.5) is 0 Å². The number of aromatic carboxylic acids is 1. The molecule has 6 nitrogen and oxygen atoms in total. The number of ether oxygens (including phenoxy) is 1. The summed E-state index contributed by atoms with van der Waals surface area (Å²) in [6.07, 6.45) is 3.91. The molecule has 1 aromatic heterocycles. The number of hydrogen-bond acceptors (Lipinski definition) is 4. The van der Waals surface area contributed by atoms with Gasteiger partial charge in [-0.15, -0.1) is 0 Å². The summed E-state index contributed by atoms with van der Waals surface area (Å²) in [6.45, 7) is 6.75. The Balaban J connectivity index is 1.40. The molecule has 4 rings (SSSR count). The van der Waals surface area contributed by atoms with E-state index in [2.05, 4.69) is 36.0 Å². The van der Waals surface area contributed by atoms with Gasteiger partial charge in [0.15, 0.2) is 5.69 Å². The molecule has 144 valence electrons. The van der Waals surface area contributed by atoms with Crippen molar-refractivity contribution in [3.05, 3.63) is 46.8 Å². The van der Waals surface area contributed by atoms with Crippen molar-refractivity contribution < 1.29 is 14.6 Å². The number of likely N-dealkylation sites (tertiary alicyclic amines) is 1. The van der Waals surface area contributed by atoms with Crippen molar-refractivity contribution in [3.8, 4) is 5.75 Å². The Kier molecular flexibility index (Phi) is 4.91. The number of nitrogens with zero attached hydrogens (tertiary/aromatic N) is 3. The summed E-state index contributed by atoms with van der Waals surface area (Å²) in [5, 5.41) is 13.9. The molecule has 1 saturated heterocycles. The van der Waals surface area contributed by atoms with Gasteiger partial charge in [-0.3, -0.25) is 9.58 Å². The third-order valence-corrected chi connectivity index (χ3v) is 5.64. The van der Waals surface area contributed by atoms with Crippen LogP contribution in [-0.2, 0) is 19.4 Å². The van der Waals surface area contributed by atoms with Crippen molar-refractivity contribution >= 4 is 5.97 Å². The van der Waals surface area contributed by atoms with Crippen molar-refractivity contribution in [2.45, 2.75) is 58.2 Å². The number of carboxylic acid groups (broad SMARTS) is 1. The van der Waals surface area contributed by atoms with Gasteiger partial charge in [0, 0.05) is 36.9 Å². The molecule has 2 aliphatic rings. The zero-order chi connectivity index (χ0) is 19.0. The summed E-state index contributed by atoms with van der Waals surface area (Å²) in [7, 11) is 0. The van der Waals surface area contributed by atoms with Crippen LogP contribution in [-0.4, -0.2) is 51.0 Å². The number of aromatic nitrogens is 2. The molecule has 0 amide bonds. The number of rotatable bonds is 6. The second-order valence-electron chi connectivity index (χ2n) is 7.71. The molecule has 1 aromatic carbocycles. The minimum atomic E-state index is -0.911. The van der Waals surface area contributed by atoms with E-state index in [4.69, 9.17) is 4.74 Å². The van der Waals surface area contributed by atoms with E-state index in [1.807, 2.05) is 16.8 Å². The van der Waals surface area contributed by atoms with Crippen molar-refractivity contribution in [2.24, 2.45) is 0 Å². The summed E-state index contributed by atoms with van der Waals surface area (Å²) in [5.41, 5.74) is 3.51. The molecule has 1 unspecified atom stereocenters. The van der Waals surface area contributed by atoms with Crippen molar-refractivity contribution in [1.29, 1.82) is 0 Å². The smallest absolute Gasteiger partial charge is 0.356 e. The first-order valence-electron chi connectivity index (χ1n) is 9.84. The van der Waals surface area contributed by atoms with Gasteiger partial charge in [-0.1, -0.05) is 19.1 Å². The molecule has 0 bridgehead atoms. The molecule has 0 spiro atoms. The maximum Gasteiger partial charge on any atom is 0.356 e. The van der Waals surface area contributed by atoms with Gasteiger partial charge in [-0.25, -0.2) is 4.79 Å². The van der Waals surface area contributed by atoms with Crippen LogP contribution in [0.3, 0.4) is 0 Å². The molecule has 27 heavy (non-hydrogen) atoms. The van der Waals surface area contributed by atoms with Crippen LogP contribution < -0.4 is 4.74 Å². The highest BCUT2D eigenvalue weighted by molar-refractivity contribution is 5.87. The molecule has 1 atom stereocenters. The first-order valence-corrected chi connectivity index (χ1v) is 9.84. The van der Waals surface area contributed by atoms with E-state index >= 15 is 0 Å². The lowest BCUT2D eigenvalue weighted by Crippen LogP contribution is -2.58. The molecule has 1 N–H and O–H groups in total. The Bertz CT molecular complexity index is 839. The van der Waals surface area contributed by atoms with E-state index in [0.717, 1.165) is 62.3 Å². The van der Waals surface area contributed by atoms with Crippen molar-refractivity contribution in [3.63, 3.8) is 0 Å². The molecule has 2 aromatic rings. The minimum absolute atomic E-state index is 0.218. The largest absolute Gasteiger partial charge is 0.488 e. The molecule has 0 radical (unpaired) electrons. The summed E-state index contributed by atoms with van der Waals surface area (Å²) in [5.74, 6) is 0.0191. The molecule has 2 heterocycles. The third kappa shape index (κ3) is 3.58. The third-order valence-electron chi connectivity index (χ3n) is 5.64. The van der Waals surface area contributed by atoms with Crippen LogP contribution >= 0.6 is 0 Å². The van der Waals surface area contributed by atoms with Gasteiger partial charge in [0.2, 0.25) is 0 Å². The van der Waals surface area contributed by atoms with Crippen LogP contribution in [0.2, 0.25) is 0 Å². The predicted octanol–water partition coefficient (Wildman–Crippen LogP) is 2.92. The average Bonchev–Trinajstić information content (AvgIpc) is 2.96. The van der Waals surface area contributed by atoms with Gasteiger partial charge in [0.25, 0.3) is 0 Å². The van der Waals surface area contributed by atoms with E-state index in [0.29, 0.717) is 6.04 Å². The lowest BCUT2D eigenvalue weighted by Gasteiger charge is -2.45. The number of aryl methyl sites for hydroxylation is 2. The molecular weight excluding hydrogens is 342 g/mol. The molecule has 6 heteroatoms. The topological polar surface area (TPSA) is 67.6 Å². The normalized spacial score (nSPS) is 20.1. The first kappa shape index (κ1) is 18.0. The summed E-state index contributed by atoms with van der Waals surface area (Å²) in [4.78, 5) is 14.0. The fourth-order valence-corrected chi connectivity index (χ4v) is 4.27. The molecule has 1 aliphatic heterocycles. The van der Waals surface area contributed by atoms with Crippen LogP contribution in [0.25, 0.3) is 0 Å². The van der Waals surface area contributed by atoms with Crippen molar-refractivity contribution in [2.75, 3.05) is 13.1 Å². The molecule has 0 saturated carbocycles. The van der Waals surface area contributed by atoms with E-state index in [9.17, 15) is 9.90 Å². The van der Waals surface area contributed by atoms with Crippen molar-refractivity contribution in [1.82, 2.24) is 14.7 Å². The van der Waals surface area contributed by atoms with Crippen LogP contribution in [0.15, 0.2) is 24.3 Å². The molecule has 1 fully saturated rings. The van der Waals surface area contributed by atoms with Gasteiger partial charge in [0.05, 0.1) is 0 Å². The van der Waals surface area contributed by atoms with Crippen LogP contribution in [0.5, 0.6) is 5.75 Å². The average molecular weight is 369 g/mol. The van der Waals surface area contributed by atoms with E-state index in [1.54, 1.807) is 0 Å². The van der Waals surface area contributed by atoms with Gasteiger partial charge in [-0.05, 0) is 50.3 Å². The Morgan fingerprint density at radius 1 is 1.37 bits per heavy atom. The Morgan fingerprint density at radius 2 is 2.19 bits per heavy atom. The zero-order valence-corrected chi connectivity index (χ0v) is 16.0. The summed E-state index contributed by atoms with van der Waals surface area (Å²) in [6, 6.07) is 8.54. The van der Waals surface area contributed by atoms with Gasteiger partial charge < -0.3 is 9.84 Å². The zero-order valence-electron chi connectivity index (χ0n) is 16.0. The number of hydrogen-bond donors (Lipinski definition) is 1. The van der Waals surface area contributed by atoms with E-state index < -0.39 is 5.97 Å². The highest BCUT2D eigenvalue weighted by Gasteiger charge is 2.38. The fraction of sp³-hybridized carbons (Fsp3) is 0.524. The molecule has 1 aliphatic carbocycles. The van der Waals surface area contributed by atoms with Gasteiger partial charge in [0.1, 0.15) is 11.9 Å². The maximum atomic E-state index is 11.6. The summed E-state index contributed by atoms with van der Waals surface area (Å²) < 4.78 is 7.98. The van der Waals surface area contributed by atoms with E-state index in [-0.39, 0.29) is 11.8 Å². The number of carboxylic acids is 1. The highest BCUT2D eigenvalue weighted by atomic mass is 16.5. The Labute approximate surface area is 159 Å². The lowest BCUT2D eigenvalue weighted by atomic mass is 9.88. The number of carbonyl (C=O) groups is 1. The number of benzene rings is 1. The van der Waals surface area contributed by atoms with Gasteiger partial charge >= 0.3 is 5.97 Å². The quantitative estimate of drug-likeness (QED) is 0.848. The van der Waals surface area contributed by atoms with E-state index in [1.165, 1.54) is 5.56 Å². The first-order chi connectivity index (χ1) is 13.0. The summed E-state index contributed by atoms with van der Waals surface area (Å²) >= 11 is 0. The predicted molar refractivity (Wildman–Crippen MR) is 102 cm³/mol. The maximum absolute atomic E-state index is 11.6. The second kappa shape index (κ2) is 7.35. The van der Waals surface area contributed by atoms with Crippen LogP contribution in [0.1, 0.15) is 47.1 Å². The monoisotopic (exact) mass is 369 g/mol. The van der Waals surface area contributed by atoms with Gasteiger partial charge in [-0.2, -0.15) is 5.10 Å². The fourth-order valence-electron chi connectivity index (χ4n) is 4.27. The SMILES string of the molecule is CCCn1nc(C(=O)O)c2c1CCC(N1CC(Oc3cccc(C)c3)C1)C2. The lowest BCUT2D eigenvalue weighted by molar-refractivity contribution is -0.0129. The highest BCUT2D eigenvalue weighted by Crippen LogP contribution is 2.31. The van der Waals surface area contributed by atoms with Crippen LogP contribution in [0, 0.1) is 6.92 Å². The molecular formula is C21H27N3O3. The standard InChI is InChI=1S/C21H27N3O3/c1-3-9-24-19-8-7-15(11-18(19)20(22-24)21(25)26)23-12-17(13-23)27-16-6-4-5-14(2)10-16/h4-6,10,15,17H,3,7-9,11-13H2,1-2H3,(H,25,26). The number of fused-ring (bicyclic) bond motifs is 1.